The summed E-state index contributed by atoms with van der Waals surface area (Å²) in [5.74, 6) is 0.859. The number of thioether (sulfide) groups is 1. The van der Waals surface area contributed by atoms with Crippen LogP contribution in [0.1, 0.15) is 6.92 Å². The maximum Gasteiger partial charge on any atom is 0.151 e. The second-order valence-electron chi connectivity index (χ2n) is 3.13. The van der Waals surface area contributed by atoms with Crippen molar-refractivity contribution in [2.45, 2.75) is 6.92 Å². The molecule has 16 heavy (non-hydrogen) atoms. The molecule has 1 aromatic rings. The van der Waals surface area contributed by atoms with E-state index in [0.717, 1.165) is 18.8 Å². The van der Waals surface area contributed by atoms with Gasteiger partial charge in [-0.1, -0.05) is 30.0 Å². The summed E-state index contributed by atoms with van der Waals surface area (Å²) in [4.78, 5) is 2.27. The third-order valence-electron chi connectivity index (χ3n) is 2.12. The Balaban J connectivity index is 0.00000225. The van der Waals surface area contributed by atoms with E-state index in [1.807, 2.05) is 18.2 Å². The van der Waals surface area contributed by atoms with E-state index in [1.165, 1.54) is 17.4 Å². The zero-order valence-corrected chi connectivity index (χ0v) is 11.0. The summed E-state index contributed by atoms with van der Waals surface area (Å²) < 4.78 is 0. The molecule has 0 spiro atoms. The van der Waals surface area contributed by atoms with Crippen LogP contribution in [0.3, 0.4) is 0 Å². The minimum atomic E-state index is 0. The molecule has 0 saturated heterocycles. The second kappa shape index (κ2) is 8.30. The maximum atomic E-state index is 7.12. The van der Waals surface area contributed by atoms with Gasteiger partial charge in [-0.25, -0.2) is 0 Å². The quantitative estimate of drug-likeness (QED) is 0.631. The summed E-state index contributed by atoms with van der Waals surface area (Å²) in [6, 6.07) is 10.3. The Morgan fingerprint density at radius 2 is 2.00 bits per heavy atom. The number of benzene rings is 1. The van der Waals surface area contributed by atoms with E-state index in [9.17, 15) is 0 Å². The van der Waals surface area contributed by atoms with Gasteiger partial charge in [0, 0.05) is 24.5 Å². The maximum absolute atomic E-state index is 7.12. The summed E-state index contributed by atoms with van der Waals surface area (Å²) >= 11 is 1.39. The van der Waals surface area contributed by atoms with Crippen molar-refractivity contribution in [2.75, 3.05) is 23.7 Å². The minimum Gasteiger partial charge on any atom is -0.379 e. The molecule has 3 nitrogen and oxygen atoms in total. The predicted molar refractivity (Wildman–Crippen MR) is 75.9 cm³/mol. The van der Waals surface area contributed by atoms with Crippen molar-refractivity contribution in [1.82, 2.24) is 0 Å². The smallest absolute Gasteiger partial charge is 0.151 e. The summed E-state index contributed by atoms with van der Waals surface area (Å²) in [5, 5.41) is 7.32. The molecular weight excluding hydrogens is 242 g/mol. The minimum absolute atomic E-state index is 0. The molecule has 5 heteroatoms. The van der Waals surface area contributed by atoms with Gasteiger partial charge < -0.3 is 10.6 Å². The van der Waals surface area contributed by atoms with Gasteiger partial charge in [0.05, 0.1) is 0 Å². The van der Waals surface area contributed by atoms with Crippen molar-refractivity contribution in [1.29, 1.82) is 5.41 Å². The van der Waals surface area contributed by atoms with Crippen LogP contribution in [-0.2, 0) is 0 Å². The number of rotatable bonds is 5. The van der Waals surface area contributed by atoms with Crippen molar-refractivity contribution in [2.24, 2.45) is 5.73 Å². The lowest BCUT2D eigenvalue weighted by molar-refractivity contribution is 0.873. The average Bonchev–Trinajstić information content (AvgIpc) is 2.25. The standard InChI is InChI=1S/C11H17N3S.ClH/c1-2-14(8-9-15-11(12)13)10-6-4-3-5-7-10;/h3-7H,2,8-9H2,1H3,(H3,12,13);1H. The highest BCUT2D eigenvalue weighted by atomic mass is 35.5. The molecule has 0 amide bonds. The largest absolute Gasteiger partial charge is 0.379 e. The third kappa shape index (κ3) is 5.28. The topological polar surface area (TPSA) is 53.1 Å². The molecular formula is C11H18ClN3S. The number of nitrogens with two attached hydrogens (primary N) is 1. The zero-order chi connectivity index (χ0) is 11.1. The lowest BCUT2D eigenvalue weighted by Gasteiger charge is -2.22. The van der Waals surface area contributed by atoms with E-state index >= 15 is 0 Å². The average molecular weight is 260 g/mol. The summed E-state index contributed by atoms with van der Waals surface area (Å²) in [7, 11) is 0. The van der Waals surface area contributed by atoms with Crippen LogP contribution in [-0.4, -0.2) is 24.0 Å². The van der Waals surface area contributed by atoms with Gasteiger partial charge in [-0.15, -0.1) is 12.4 Å². The first-order chi connectivity index (χ1) is 7.24. The molecule has 1 aromatic carbocycles. The van der Waals surface area contributed by atoms with Gasteiger partial charge in [0.25, 0.3) is 0 Å². The van der Waals surface area contributed by atoms with Crippen LogP contribution in [0.5, 0.6) is 0 Å². The van der Waals surface area contributed by atoms with Gasteiger partial charge in [0.2, 0.25) is 0 Å². The van der Waals surface area contributed by atoms with E-state index in [1.54, 1.807) is 0 Å². The SMILES string of the molecule is CCN(CCSC(=N)N)c1ccccc1.Cl. The summed E-state index contributed by atoms with van der Waals surface area (Å²) in [5.41, 5.74) is 6.51. The van der Waals surface area contributed by atoms with Crippen molar-refractivity contribution in [3.05, 3.63) is 30.3 Å². The fourth-order valence-corrected chi connectivity index (χ4v) is 1.91. The van der Waals surface area contributed by atoms with Gasteiger partial charge >= 0.3 is 0 Å². The third-order valence-corrected chi connectivity index (χ3v) is 2.82. The Kier molecular flexibility index (Phi) is 7.85. The highest BCUT2D eigenvalue weighted by Gasteiger charge is 2.03. The molecule has 90 valence electrons. The molecule has 0 fully saturated rings. The number of para-hydroxylation sites is 1. The second-order valence-corrected chi connectivity index (χ2v) is 4.26. The molecule has 0 radical (unpaired) electrons. The number of halogens is 1. The Bertz CT molecular complexity index is 305. The number of hydrogen-bond donors (Lipinski definition) is 2. The molecule has 0 aliphatic heterocycles. The van der Waals surface area contributed by atoms with Crippen LogP contribution in [0, 0.1) is 5.41 Å². The lowest BCUT2D eigenvalue weighted by Crippen LogP contribution is -2.26. The van der Waals surface area contributed by atoms with Gasteiger partial charge in [0.15, 0.2) is 5.17 Å². The van der Waals surface area contributed by atoms with E-state index in [2.05, 4.69) is 24.0 Å². The monoisotopic (exact) mass is 259 g/mol. The number of anilines is 1. The Labute approximate surface area is 107 Å². The molecule has 3 N–H and O–H groups in total. The predicted octanol–water partition coefficient (Wildman–Crippen LogP) is 2.56. The Hall–Kier alpha value is -0.870. The fraction of sp³-hybridized carbons (Fsp3) is 0.364. The van der Waals surface area contributed by atoms with E-state index in [0.29, 0.717) is 0 Å². The molecule has 0 saturated carbocycles. The summed E-state index contributed by atoms with van der Waals surface area (Å²) in [6.45, 7) is 4.03. The molecule has 0 atom stereocenters. The molecule has 0 aliphatic rings. The lowest BCUT2D eigenvalue weighted by atomic mass is 10.3. The first-order valence-electron chi connectivity index (χ1n) is 5.01. The first kappa shape index (κ1) is 15.1. The van der Waals surface area contributed by atoms with E-state index in [-0.39, 0.29) is 17.6 Å². The molecule has 1 rings (SSSR count). The molecule has 0 aromatic heterocycles. The number of hydrogen-bond acceptors (Lipinski definition) is 3. The molecule has 0 aliphatic carbocycles. The van der Waals surface area contributed by atoms with Gasteiger partial charge in [-0.2, -0.15) is 0 Å². The van der Waals surface area contributed by atoms with Crippen LogP contribution in [0.25, 0.3) is 0 Å². The van der Waals surface area contributed by atoms with Crippen LogP contribution in [0.2, 0.25) is 0 Å². The number of nitrogens with one attached hydrogen (secondary N) is 1. The fourth-order valence-electron chi connectivity index (χ4n) is 1.37. The molecule has 0 bridgehead atoms. The van der Waals surface area contributed by atoms with Crippen molar-refractivity contribution < 1.29 is 0 Å². The Morgan fingerprint density at radius 3 is 2.50 bits per heavy atom. The highest BCUT2D eigenvalue weighted by molar-refractivity contribution is 8.13. The van der Waals surface area contributed by atoms with Crippen LogP contribution in [0.4, 0.5) is 5.69 Å². The van der Waals surface area contributed by atoms with Crippen LogP contribution in [0.15, 0.2) is 30.3 Å². The van der Waals surface area contributed by atoms with Crippen molar-refractivity contribution in [3.8, 4) is 0 Å². The van der Waals surface area contributed by atoms with E-state index < -0.39 is 0 Å². The van der Waals surface area contributed by atoms with Gasteiger partial charge in [-0.3, -0.25) is 5.41 Å². The zero-order valence-electron chi connectivity index (χ0n) is 9.35. The normalized spacial score (nSPS) is 9.31. The Morgan fingerprint density at radius 1 is 1.38 bits per heavy atom. The first-order valence-corrected chi connectivity index (χ1v) is 5.99. The van der Waals surface area contributed by atoms with Crippen LogP contribution < -0.4 is 10.6 Å². The van der Waals surface area contributed by atoms with Crippen LogP contribution >= 0.6 is 24.2 Å². The van der Waals surface area contributed by atoms with Crippen molar-refractivity contribution >= 4 is 35.0 Å². The van der Waals surface area contributed by atoms with Gasteiger partial charge in [-0.05, 0) is 19.1 Å². The van der Waals surface area contributed by atoms with Crippen molar-refractivity contribution in [3.63, 3.8) is 0 Å². The van der Waals surface area contributed by atoms with E-state index in [4.69, 9.17) is 11.1 Å². The number of amidine groups is 1. The highest BCUT2D eigenvalue weighted by Crippen LogP contribution is 2.13. The number of nitrogens with zero attached hydrogens (tertiary/aromatic N) is 1. The van der Waals surface area contributed by atoms with Gasteiger partial charge in [0.1, 0.15) is 0 Å². The molecule has 0 unspecified atom stereocenters. The summed E-state index contributed by atoms with van der Waals surface area (Å²) in [6.07, 6.45) is 0. The molecule has 0 heterocycles.